The van der Waals surface area contributed by atoms with Gasteiger partial charge in [-0.1, -0.05) is 0 Å². The summed E-state index contributed by atoms with van der Waals surface area (Å²) in [7, 11) is 0. The van der Waals surface area contributed by atoms with Gasteiger partial charge in [-0.2, -0.15) is 0 Å². The van der Waals surface area contributed by atoms with Crippen LogP contribution < -0.4 is 5.32 Å². The third-order valence-electron chi connectivity index (χ3n) is 4.73. The van der Waals surface area contributed by atoms with Crippen molar-refractivity contribution in [2.24, 2.45) is 0 Å². The minimum Gasteiger partial charge on any atom is -0.352 e. The topological polar surface area (TPSA) is 136 Å². The Bertz CT molecular complexity index is 769. The van der Waals surface area contributed by atoms with Crippen LogP contribution in [0.15, 0.2) is 12.1 Å². The third kappa shape index (κ3) is 3.35. The maximum Gasteiger partial charge on any atom is 0.279 e. The van der Waals surface area contributed by atoms with Crippen molar-refractivity contribution in [3.63, 3.8) is 0 Å². The zero-order chi connectivity index (χ0) is 19.0. The molecule has 1 N–H and O–H groups in total. The van der Waals surface area contributed by atoms with Crippen LogP contribution in [0.1, 0.15) is 41.6 Å². The molecule has 138 valence electrons. The number of hydrogen-bond donors (Lipinski definition) is 1. The first-order valence-electron chi connectivity index (χ1n) is 8.34. The van der Waals surface area contributed by atoms with Crippen molar-refractivity contribution in [3.05, 3.63) is 43.5 Å². The molecule has 1 aliphatic heterocycles. The average molecular weight is 362 g/mol. The molecule has 10 nitrogen and oxygen atoms in total. The largest absolute Gasteiger partial charge is 0.352 e. The molecule has 0 spiro atoms. The number of benzene rings is 1. The molecule has 2 amide bonds. The molecular weight excluding hydrogens is 344 g/mol. The van der Waals surface area contributed by atoms with Crippen molar-refractivity contribution >= 4 is 23.2 Å². The fourth-order valence-corrected chi connectivity index (χ4v) is 3.16. The maximum atomic E-state index is 12.8. The number of amides is 2. The van der Waals surface area contributed by atoms with Gasteiger partial charge in [0.15, 0.2) is 0 Å². The van der Waals surface area contributed by atoms with Gasteiger partial charge >= 0.3 is 0 Å². The molecule has 10 heteroatoms. The van der Waals surface area contributed by atoms with Crippen LogP contribution in [-0.2, 0) is 4.79 Å². The van der Waals surface area contributed by atoms with E-state index in [0.29, 0.717) is 19.4 Å². The lowest BCUT2D eigenvalue weighted by Gasteiger charge is -2.24. The van der Waals surface area contributed by atoms with Crippen molar-refractivity contribution in [3.8, 4) is 0 Å². The number of likely N-dealkylation sites (tertiary alicyclic amines) is 1. The highest BCUT2D eigenvalue weighted by Gasteiger charge is 2.38. The predicted molar refractivity (Wildman–Crippen MR) is 89.7 cm³/mol. The minimum atomic E-state index is -0.750. The molecule has 26 heavy (non-hydrogen) atoms. The first kappa shape index (κ1) is 17.8. The van der Waals surface area contributed by atoms with Gasteiger partial charge in [0.1, 0.15) is 11.6 Å². The molecule has 2 fully saturated rings. The maximum absolute atomic E-state index is 12.8. The number of carbonyl (C=O) groups excluding carboxylic acids is 2. The Labute approximate surface area is 148 Å². The molecule has 0 aromatic heterocycles. The van der Waals surface area contributed by atoms with Gasteiger partial charge < -0.3 is 10.2 Å². The van der Waals surface area contributed by atoms with Crippen LogP contribution in [-0.4, -0.2) is 45.2 Å². The molecule has 0 radical (unpaired) electrons. The number of carbonyl (C=O) groups is 2. The Hall–Kier alpha value is -3.04. The van der Waals surface area contributed by atoms with E-state index in [9.17, 15) is 29.8 Å². The molecule has 1 atom stereocenters. The van der Waals surface area contributed by atoms with E-state index >= 15 is 0 Å². The van der Waals surface area contributed by atoms with E-state index < -0.39 is 33.2 Å². The second kappa shape index (κ2) is 6.70. The number of hydrogen-bond acceptors (Lipinski definition) is 6. The SMILES string of the molecule is Cc1c([N+](=O)[O-])cc(C(=O)N2CCCC2C(=O)NC2CC2)cc1[N+](=O)[O-]. The van der Waals surface area contributed by atoms with E-state index in [0.717, 1.165) is 25.0 Å². The van der Waals surface area contributed by atoms with E-state index in [2.05, 4.69) is 5.32 Å². The van der Waals surface area contributed by atoms with Gasteiger partial charge in [-0.15, -0.1) is 0 Å². The second-order valence-corrected chi connectivity index (χ2v) is 6.59. The lowest BCUT2D eigenvalue weighted by Crippen LogP contribution is -2.46. The fourth-order valence-electron chi connectivity index (χ4n) is 3.16. The summed E-state index contributed by atoms with van der Waals surface area (Å²) in [5.41, 5.74) is -1.23. The first-order valence-corrected chi connectivity index (χ1v) is 8.34. The highest BCUT2D eigenvalue weighted by Crippen LogP contribution is 2.31. The summed E-state index contributed by atoms with van der Waals surface area (Å²) < 4.78 is 0. The van der Waals surface area contributed by atoms with Crippen LogP contribution in [0.3, 0.4) is 0 Å². The van der Waals surface area contributed by atoms with Crippen molar-refractivity contribution in [2.75, 3.05) is 6.54 Å². The minimum absolute atomic E-state index is 0.110. The molecule has 1 saturated heterocycles. The summed E-state index contributed by atoms with van der Waals surface area (Å²) in [5.74, 6) is -0.848. The summed E-state index contributed by atoms with van der Waals surface area (Å²) in [6.45, 7) is 1.60. The highest BCUT2D eigenvalue weighted by atomic mass is 16.6. The van der Waals surface area contributed by atoms with Crippen LogP contribution in [0.2, 0.25) is 0 Å². The molecule has 1 aliphatic carbocycles. The number of nitrogens with one attached hydrogen (secondary N) is 1. The van der Waals surface area contributed by atoms with E-state index in [1.165, 1.54) is 11.8 Å². The monoisotopic (exact) mass is 362 g/mol. The summed E-state index contributed by atoms with van der Waals surface area (Å²) >= 11 is 0. The molecule has 3 rings (SSSR count). The molecule has 0 bridgehead atoms. The Morgan fingerprint density at radius 1 is 1.12 bits per heavy atom. The van der Waals surface area contributed by atoms with E-state index in [1.807, 2.05) is 0 Å². The van der Waals surface area contributed by atoms with Crippen molar-refractivity contribution < 1.29 is 19.4 Å². The lowest BCUT2D eigenvalue weighted by atomic mass is 10.1. The molecule has 2 aliphatic rings. The van der Waals surface area contributed by atoms with E-state index in [1.54, 1.807) is 0 Å². The Morgan fingerprint density at radius 3 is 2.19 bits per heavy atom. The van der Waals surface area contributed by atoms with E-state index in [-0.39, 0.29) is 23.1 Å². The highest BCUT2D eigenvalue weighted by molar-refractivity contribution is 5.99. The van der Waals surface area contributed by atoms with Gasteiger partial charge in [0, 0.05) is 24.7 Å². The van der Waals surface area contributed by atoms with Crippen LogP contribution in [0.4, 0.5) is 11.4 Å². The molecule has 1 unspecified atom stereocenters. The van der Waals surface area contributed by atoms with Crippen LogP contribution in [0.5, 0.6) is 0 Å². The quantitative estimate of drug-likeness (QED) is 0.625. The number of rotatable bonds is 5. The Morgan fingerprint density at radius 2 is 1.69 bits per heavy atom. The lowest BCUT2D eigenvalue weighted by molar-refractivity contribution is -0.395. The van der Waals surface area contributed by atoms with Crippen LogP contribution in [0, 0.1) is 27.2 Å². The molecular formula is C16H18N4O6. The average Bonchev–Trinajstić information content (AvgIpc) is 3.25. The van der Waals surface area contributed by atoms with Crippen molar-refractivity contribution in [1.29, 1.82) is 0 Å². The summed E-state index contributed by atoms with van der Waals surface area (Å²) in [6.07, 6.45) is 2.97. The number of nitro groups is 2. The predicted octanol–water partition coefficient (Wildman–Crippen LogP) is 1.69. The number of nitrogens with zero attached hydrogens (tertiary/aromatic N) is 3. The first-order chi connectivity index (χ1) is 12.3. The van der Waals surface area contributed by atoms with Crippen molar-refractivity contribution in [1.82, 2.24) is 10.2 Å². The molecule has 1 aromatic carbocycles. The van der Waals surface area contributed by atoms with E-state index in [4.69, 9.17) is 0 Å². The van der Waals surface area contributed by atoms with Gasteiger partial charge in [0.2, 0.25) is 5.91 Å². The molecule has 1 saturated carbocycles. The molecule has 1 aromatic rings. The standard InChI is InChI=1S/C16H18N4O6/c1-9-13(19(23)24)7-10(8-14(9)20(25)26)16(22)18-6-2-3-12(18)15(21)17-11-4-5-11/h7-8,11-12H,2-6H2,1H3,(H,17,21). The summed E-state index contributed by atoms with van der Waals surface area (Å²) in [6, 6.07) is 1.58. The Balaban J connectivity index is 1.91. The fraction of sp³-hybridized carbons (Fsp3) is 0.500. The van der Waals surface area contributed by atoms with Crippen LogP contribution >= 0.6 is 0 Å². The number of nitro benzene ring substituents is 2. The van der Waals surface area contributed by atoms with Crippen LogP contribution in [0.25, 0.3) is 0 Å². The smallest absolute Gasteiger partial charge is 0.279 e. The second-order valence-electron chi connectivity index (χ2n) is 6.59. The zero-order valence-electron chi connectivity index (χ0n) is 14.1. The normalized spacial score (nSPS) is 19.3. The van der Waals surface area contributed by atoms with Crippen molar-refractivity contribution in [2.45, 2.75) is 44.7 Å². The van der Waals surface area contributed by atoms with Gasteiger partial charge in [-0.3, -0.25) is 29.8 Å². The van der Waals surface area contributed by atoms with Gasteiger partial charge in [0.25, 0.3) is 17.3 Å². The van der Waals surface area contributed by atoms with Gasteiger partial charge in [-0.05, 0) is 32.6 Å². The summed E-state index contributed by atoms with van der Waals surface area (Å²) in [4.78, 5) is 47.4. The summed E-state index contributed by atoms with van der Waals surface area (Å²) in [5, 5.41) is 25.2. The third-order valence-corrected chi connectivity index (χ3v) is 4.73. The van der Waals surface area contributed by atoms with Gasteiger partial charge in [0.05, 0.1) is 15.4 Å². The zero-order valence-corrected chi connectivity index (χ0v) is 14.1. The molecule has 1 heterocycles. The Kier molecular flexibility index (Phi) is 4.58. The van der Waals surface area contributed by atoms with Gasteiger partial charge in [-0.25, -0.2) is 0 Å².